The highest BCUT2D eigenvalue weighted by molar-refractivity contribution is 7.66. The Balaban J connectivity index is 1.74. The molecule has 46 heavy (non-hydrogen) atoms. The molecule has 0 bridgehead atoms. The van der Waals surface area contributed by atoms with Crippen molar-refractivity contribution in [3.8, 4) is 5.75 Å². The van der Waals surface area contributed by atoms with Crippen LogP contribution in [-0.4, -0.2) is 85.3 Å². The second kappa shape index (κ2) is 14.5. The standard InChI is InChI=1S/C23H36N3O17P3/c1-13-24-22(28)14(11-39-21(23(2,3)4)16-8-15(38-5)6-7-17(16)26(29)30)10-25(13)20-9-18(27)19(41-20)12-40-45(34,35)43-46(36,37)42-44(31,32)33/h6-8,10,13,18-21,27H,9,11-12H2,1-5H3,(H,24,28)(H,34,35)(H,36,37)(H2,31,32,33)/t13?,18?,19-,20-,21-/m1/s1. The number of phosphoric ester groups is 1. The predicted octanol–water partition coefficient (Wildman–Crippen LogP) is 2.19. The van der Waals surface area contributed by atoms with Gasteiger partial charge in [-0.05, 0) is 24.5 Å². The Morgan fingerprint density at radius 3 is 2.37 bits per heavy atom. The number of aliphatic hydroxyl groups excluding tert-OH is 1. The van der Waals surface area contributed by atoms with Crippen molar-refractivity contribution in [2.45, 2.75) is 64.8 Å². The molecule has 1 fully saturated rings. The number of nitro groups is 1. The Labute approximate surface area is 262 Å². The summed E-state index contributed by atoms with van der Waals surface area (Å²) in [5, 5.41) is 25.0. The number of rotatable bonds is 14. The third-order valence-electron chi connectivity index (χ3n) is 6.64. The number of nitrogens with one attached hydrogen (secondary N) is 1. The minimum atomic E-state index is -5.74. The molecule has 0 spiro atoms. The van der Waals surface area contributed by atoms with Gasteiger partial charge >= 0.3 is 23.5 Å². The van der Waals surface area contributed by atoms with Gasteiger partial charge in [-0.2, -0.15) is 8.62 Å². The molecule has 1 amide bonds. The monoisotopic (exact) mass is 719 g/mol. The van der Waals surface area contributed by atoms with Gasteiger partial charge in [-0.15, -0.1) is 0 Å². The van der Waals surface area contributed by atoms with Crippen molar-refractivity contribution < 1.29 is 75.4 Å². The number of ether oxygens (including phenoxy) is 3. The number of benzene rings is 1. The molecule has 6 N–H and O–H groups in total. The number of aliphatic hydroxyl groups is 1. The first-order valence-electron chi connectivity index (χ1n) is 13.4. The highest BCUT2D eigenvalue weighted by Gasteiger charge is 2.44. The molecule has 7 atom stereocenters. The van der Waals surface area contributed by atoms with E-state index in [2.05, 4.69) is 18.5 Å². The van der Waals surface area contributed by atoms with Crippen LogP contribution in [0.3, 0.4) is 0 Å². The van der Waals surface area contributed by atoms with Crippen molar-refractivity contribution in [3.63, 3.8) is 0 Å². The van der Waals surface area contributed by atoms with E-state index < -0.39 is 77.0 Å². The van der Waals surface area contributed by atoms with Gasteiger partial charge in [0.2, 0.25) is 0 Å². The van der Waals surface area contributed by atoms with Crippen LogP contribution in [0.1, 0.15) is 45.8 Å². The molecule has 0 aliphatic carbocycles. The fraction of sp³-hybridized carbons (Fsp3) is 0.609. The number of nitrogens with zero attached hydrogens (tertiary/aromatic N) is 2. The Bertz CT molecular complexity index is 1480. The van der Waals surface area contributed by atoms with Crippen molar-refractivity contribution in [1.29, 1.82) is 0 Å². The first kappa shape index (κ1) is 38.2. The van der Waals surface area contributed by atoms with E-state index >= 15 is 0 Å². The van der Waals surface area contributed by atoms with Gasteiger partial charge in [-0.25, -0.2) is 13.7 Å². The lowest BCUT2D eigenvalue weighted by Crippen LogP contribution is -2.53. The molecule has 2 heterocycles. The van der Waals surface area contributed by atoms with Crippen LogP contribution < -0.4 is 10.1 Å². The van der Waals surface area contributed by atoms with Crippen molar-refractivity contribution in [2.75, 3.05) is 20.3 Å². The average Bonchev–Trinajstić information content (AvgIpc) is 3.25. The molecular formula is C23H36N3O17P3. The van der Waals surface area contributed by atoms with E-state index in [0.717, 1.165) is 0 Å². The SMILES string of the molecule is COc1ccc([N+](=O)[O-])c([C@@H](OCC2=CN([C@H]3CC(O)[C@@H](COP(=O)(O)OP(=O)(O)OP(=O)(O)O)O3)C(C)NC2=O)C(C)(C)C)c1. The topological polar surface area (TPSA) is 283 Å². The molecule has 260 valence electrons. The normalized spacial score (nSPS) is 25.7. The van der Waals surface area contributed by atoms with Gasteiger partial charge in [-0.3, -0.25) is 19.4 Å². The third-order valence-corrected chi connectivity index (χ3v) is 10.4. The summed E-state index contributed by atoms with van der Waals surface area (Å²) in [6.45, 7) is 5.86. The molecule has 2 aliphatic heterocycles. The predicted molar refractivity (Wildman–Crippen MR) is 154 cm³/mol. The van der Waals surface area contributed by atoms with Crippen molar-refractivity contribution in [2.24, 2.45) is 5.41 Å². The molecule has 2 aliphatic rings. The van der Waals surface area contributed by atoms with E-state index in [1.54, 1.807) is 27.7 Å². The van der Waals surface area contributed by atoms with E-state index in [0.29, 0.717) is 5.75 Å². The number of hydrogen-bond donors (Lipinski definition) is 6. The minimum Gasteiger partial charge on any atom is -0.497 e. The number of methoxy groups -OCH3 is 1. The van der Waals surface area contributed by atoms with Crippen LogP contribution in [0.15, 0.2) is 30.0 Å². The van der Waals surface area contributed by atoms with Gasteiger partial charge in [-0.1, -0.05) is 20.8 Å². The summed E-state index contributed by atoms with van der Waals surface area (Å²) in [5.74, 6) is -0.133. The average molecular weight is 719 g/mol. The summed E-state index contributed by atoms with van der Waals surface area (Å²) < 4.78 is 63.4. The number of nitro benzene ring substituents is 1. The number of phosphoric acid groups is 3. The summed E-state index contributed by atoms with van der Waals surface area (Å²) in [6.07, 6.45) is -3.77. The molecule has 1 aromatic rings. The molecule has 1 saturated heterocycles. The molecule has 3 rings (SSSR count). The van der Waals surface area contributed by atoms with E-state index in [9.17, 15) is 43.5 Å². The zero-order chi connectivity index (χ0) is 34.8. The molecule has 0 saturated carbocycles. The Hall–Kier alpha value is -2.28. The second-order valence-corrected chi connectivity index (χ2v) is 15.7. The number of hydrogen-bond acceptors (Lipinski definition) is 14. The Morgan fingerprint density at radius 2 is 1.80 bits per heavy atom. The van der Waals surface area contributed by atoms with Crippen molar-refractivity contribution in [3.05, 3.63) is 45.6 Å². The fourth-order valence-electron chi connectivity index (χ4n) is 4.68. The largest absolute Gasteiger partial charge is 0.497 e. The van der Waals surface area contributed by atoms with Crippen LogP contribution in [-0.2, 0) is 41.1 Å². The minimum absolute atomic E-state index is 0.101. The van der Waals surface area contributed by atoms with Gasteiger partial charge in [0, 0.05) is 18.7 Å². The first-order chi connectivity index (χ1) is 21.0. The zero-order valence-corrected chi connectivity index (χ0v) is 27.9. The maximum absolute atomic E-state index is 12.9. The maximum atomic E-state index is 12.9. The maximum Gasteiger partial charge on any atom is 0.490 e. The quantitative estimate of drug-likeness (QED) is 0.0912. The van der Waals surface area contributed by atoms with Gasteiger partial charge in [0.15, 0.2) is 0 Å². The fourth-order valence-corrected chi connectivity index (χ4v) is 7.71. The Morgan fingerprint density at radius 1 is 1.15 bits per heavy atom. The molecular weight excluding hydrogens is 683 g/mol. The van der Waals surface area contributed by atoms with E-state index in [4.69, 9.17) is 24.0 Å². The van der Waals surface area contributed by atoms with Gasteiger partial charge in [0.25, 0.3) is 11.6 Å². The van der Waals surface area contributed by atoms with Gasteiger partial charge in [0.05, 0.1) is 48.6 Å². The lowest BCUT2D eigenvalue weighted by molar-refractivity contribution is -0.386. The van der Waals surface area contributed by atoms with Crippen LogP contribution in [0.4, 0.5) is 5.69 Å². The lowest BCUT2D eigenvalue weighted by Gasteiger charge is -2.38. The summed E-state index contributed by atoms with van der Waals surface area (Å²) in [7, 11) is -15.4. The lowest BCUT2D eigenvalue weighted by atomic mass is 9.83. The zero-order valence-electron chi connectivity index (χ0n) is 25.2. The number of amides is 1. The number of carbonyl (C=O) groups is 1. The van der Waals surface area contributed by atoms with Gasteiger partial charge in [0.1, 0.15) is 24.2 Å². The van der Waals surface area contributed by atoms with E-state index in [-0.39, 0.29) is 29.9 Å². The van der Waals surface area contributed by atoms with Crippen LogP contribution in [0.25, 0.3) is 0 Å². The molecule has 1 aromatic carbocycles. The first-order valence-corrected chi connectivity index (χ1v) is 17.9. The molecule has 0 aromatic heterocycles. The third kappa shape index (κ3) is 10.4. The van der Waals surface area contributed by atoms with Crippen LogP contribution in [0.5, 0.6) is 5.75 Å². The Kier molecular flexibility index (Phi) is 12.0. The van der Waals surface area contributed by atoms with Crippen molar-refractivity contribution >= 4 is 35.1 Å². The van der Waals surface area contributed by atoms with Gasteiger partial charge < -0.3 is 49.1 Å². The van der Waals surface area contributed by atoms with E-state index in [1.807, 2.05) is 0 Å². The summed E-state index contributed by atoms with van der Waals surface area (Å²) >= 11 is 0. The van der Waals surface area contributed by atoms with Crippen LogP contribution >= 0.6 is 23.5 Å². The van der Waals surface area contributed by atoms with Crippen molar-refractivity contribution in [1.82, 2.24) is 10.2 Å². The summed E-state index contributed by atoms with van der Waals surface area (Å²) in [4.78, 5) is 61.9. The molecule has 0 radical (unpaired) electrons. The van der Waals surface area contributed by atoms with Crippen LogP contribution in [0, 0.1) is 15.5 Å². The number of carbonyl (C=O) groups excluding carboxylic acids is 1. The molecule has 4 unspecified atom stereocenters. The van der Waals surface area contributed by atoms with Crippen LogP contribution in [0.2, 0.25) is 0 Å². The smallest absolute Gasteiger partial charge is 0.490 e. The summed E-state index contributed by atoms with van der Waals surface area (Å²) in [6, 6.07) is 4.24. The second-order valence-electron chi connectivity index (χ2n) is 11.3. The highest BCUT2D eigenvalue weighted by Crippen LogP contribution is 2.66. The summed E-state index contributed by atoms with van der Waals surface area (Å²) in [5.41, 5.74) is -0.537. The molecule has 20 nitrogen and oxygen atoms in total. The molecule has 23 heteroatoms. The van der Waals surface area contributed by atoms with E-state index in [1.165, 1.54) is 36.4 Å². The highest BCUT2D eigenvalue weighted by atomic mass is 31.3.